The number of benzene rings is 2. The van der Waals surface area contributed by atoms with Gasteiger partial charge in [0.2, 0.25) is 0 Å². The van der Waals surface area contributed by atoms with Crippen LogP contribution < -0.4 is 0 Å². The van der Waals surface area contributed by atoms with Gasteiger partial charge in [0.1, 0.15) is 0 Å². The molecule has 0 saturated heterocycles. The largest absolute Gasteiger partial charge is 0.289 e. The summed E-state index contributed by atoms with van der Waals surface area (Å²) >= 11 is 0. The van der Waals surface area contributed by atoms with Crippen LogP contribution in [-0.2, 0) is 11.8 Å². The van der Waals surface area contributed by atoms with E-state index in [1.54, 1.807) is 12.1 Å². The molecule has 0 radical (unpaired) electrons. The first kappa shape index (κ1) is 34.7. The Hall–Kier alpha value is -2.17. The Labute approximate surface area is 263 Å². The van der Waals surface area contributed by atoms with Gasteiger partial charge in [-0.1, -0.05) is 89.5 Å². The lowest BCUT2D eigenvalue weighted by atomic mass is 9.75. The van der Waals surface area contributed by atoms with Crippen molar-refractivity contribution in [2.75, 3.05) is 0 Å². The average Bonchev–Trinajstić information content (AvgIpc) is 3.00. The van der Waals surface area contributed by atoms with Crippen LogP contribution in [-0.4, -0.2) is 5.78 Å². The van der Waals surface area contributed by atoms with Crippen LogP contribution in [0.25, 0.3) is 0 Å². The number of rotatable bonds is 14. The predicted molar refractivity (Wildman–Crippen MR) is 173 cm³/mol. The minimum atomic E-state index is -3.27. The van der Waals surface area contributed by atoms with E-state index in [-0.39, 0.29) is 34.1 Å². The highest BCUT2D eigenvalue weighted by atomic mass is 19.3. The zero-order chi connectivity index (χ0) is 31.9. The van der Waals surface area contributed by atoms with E-state index in [0.717, 1.165) is 76.3 Å². The third kappa shape index (κ3) is 8.97. The number of halogens is 4. The monoisotopic (exact) mass is 614 g/mol. The summed E-state index contributed by atoms with van der Waals surface area (Å²) < 4.78 is 60.2. The molecule has 2 aliphatic rings. The van der Waals surface area contributed by atoms with Crippen LogP contribution in [0, 0.1) is 11.8 Å². The first-order valence-corrected chi connectivity index (χ1v) is 17.5. The molecule has 0 unspecified atom stereocenters. The van der Waals surface area contributed by atoms with Gasteiger partial charge >= 0.3 is 0 Å². The lowest BCUT2D eigenvalue weighted by Gasteiger charge is -2.30. The molecular weight excluding hydrogens is 560 g/mol. The van der Waals surface area contributed by atoms with Gasteiger partial charge in [-0.15, -0.1) is 0 Å². The molecule has 0 amide bonds. The highest BCUT2D eigenvalue weighted by Gasteiger charge is 2.36. The van der Waals surface area contributed by atoms with E-state index in [1.165, 1.54) is 75.6 Å². The van der Waals surface area contributed by atoms with Crippen LogP contribution in [0.5, 0.6) is 0 Å². The van der Waals surface area contributed by atoms with E-state index in [0.29, 0.717) is 11.8 Å². The van der Waals surface area contributed by atoms with Gasteiger partial charge in [0.25, 0.3) is 11.8 Å². The van der Waals surface area contributed by atoms with Gasteiger partial charge in [0.15, 0.2) is 5.78 Å². The molecule has 5 heteroatoms. The second-order valence-corrected chi connectivity index (χ2v) is 14.1. The van der Waals surface area contributed by atoms with Crippen molar-refractivity contribution in [3.63, 3.8) is 0 Å². The van der Waals surface area contributed by atoms with E-state index in [2.05, 4.69) is 13.8 Å². The van der Waals surface area contributed by atoms with Crippen molar-refractivity contribution in [1.82, 2.24) is 0 Å². The van der Waals surface area contributed by atoms with Crippen molar-refractivity contribution >= 4 is 5.78 Å². The van der Waals surface area contributed by atoms with Crippen LogP contribution >= 0.6 is 0 Å². The van der Waals surface area contributed by atoms with Crippen molar-refractivity contribution in [1.29, 1.82) is 0 Å². The van der Waals surface area contributed by atoms with E-state index in [4.69, 9.17) is 0 Å². The lowest BCUT2D eigenvalue weighted by molar-refractivity contribution is 0.0158. The third-order valence-electron chi connectivity index (χ3n) is 10.6. The Morgan fingerprint density at radius 1 is 0.614 bits per heavy atom. The van der Waals surface area contributed by atoms with Crippen LogP contribution in [0.2, 0.25) is 0 Å². The topological polar surface area (TPSA) is 17.1 Å². The summed E-state index contributed by atoms with van der Waals surface area (Å²) in [4.78, 5) is 13.8. The maximum atomic E-state index is 15.0. The van der Waals surface area contributed by atoms with Gasteiger partial charge in [-0.2, -0.15) is 0 Å². The Balaban J connectivity index is 1.54. The van der Waals surface area contributed by atoms with Gasteiger partial charge in [0, 0.05) is 36.1 Å². The van der Waals surface area contributed by atoms with E-state index in [1.807, 2.05) is 0 Å². The first-order chi connectivity index (χ1) is 20.9. The molecule has 2 saturated carbocycles. The number of ketones is 1. The maximum absolute atomic E-state index is 15.0. The molecule has 0 spiro atoms. The molecule has 2 aliphatic carbocycles. The van der Waals surface area contributed by atoms with E-state index in [9.17, 15) is 4.79 Å². The number of hydrogen-bond acceptors (Lipinski definition) is 1. The molecule has 2 fully saturated rings. The standard InChI is InChI=1S/C39H54F4O/c1-5-7-9-11-27-13-17-29(18-14-27)31-21-23-33(35(25-31)38(3,40)41)37(44)34-24-22-32(26-36(34)39(4,42)43)30-19-15-28(16-20-30)12-10-8-6-2/h21-30H,5-20H2,1-4H3. The van der Waals surface area contributed by atoms with Crippen LogP contribution in [0.1, 0.15) is 180 Å². The van der Waals surface area contributed by atoms with Gasteiger partial charge in [-0.25, -0.2) is 17.6 Å². The Morgan fingerprint density at radius 3 is 1.30 bits per heavy atom. The predicted octanol–water partition coefficient (Wildman–Crippen LogP) is 12.8. The van der Waals surface area contributed by atoms with E-state index < -0.39 is 17.6 Å². The number of carbonyl (C=O) groups is 1. The molecule has 0 aromatic heterocycles. The molecule has 0 aliphatic heterocycles. The number of alkyl halides is 4. The highest BCUT2D eigenvalue weighted by molar-refractivity contribution is 6.11. The zero-order valence-electron chi connectivity index (χ0n) is 27.5. The van der Waals surface area contributed by atoms with Crippen LogP contribution in [0.4, 0.5) is 17.6 Å². The van der Waals surface area contributed by atoms with Crippen molar-refractivity contribution in [3.05, 3.63) is 69.8 Å². The highest BCUT2D eigenvalue weighted by Crippen LogP contribution is 2.43. The fourth-order valence-corrected chi connectivity index (χ4v) is 7.83. The second kappa shape index (κ2) is 15.4. The Morgan fingerprint density at radius 2 is 0.977 bits per heavy atom. The summed E-state index contributed by atoms with van der Waals surface area (Å²) in [5, 5.41) is 0. The summed E-state index contributed by atoms with van der Waals surface area (Å²) in [6.45, 7) is 6.00. The van der Waals surface area contributed by atoms with Gasteiger partial charge < -0.3 is 0 Å². The molecule has 244 valence electrons. The summed E-state index contributed by atoms with van der Waals surface area (Å²) in [5.74, 6) is -5.55. The first-order valence-electron chi connectivity index (χ1n) is 17.5. The van der Waals surface area contributed by atoms with Crippen molar-refractivity contribution in [3.8, 4) is 0 Å². The Bertz CT molecular complexity index is 1110. The summed E-state index contributed by atoms with van der Waals surface area (Å²) in [5.41, 5.74) is 0.570. The lowest BCUT2D eigenvalue weighted by Crippen LogP contribution is -2.21. The van der Waals surface area contributed by atoms with Gasteiger partial charge in [0.05, 0.1) is 0 Å². The van der Waals surface area contributed by atoms with Crippen molar-refractivity contribution in [2.45, 2.75) is 154 Å². The molecule has 4 rings (SSSR count). The van der Waals surface area contributed by atoms with Crippen LogP contribution in [0.3, 0.4) is 0 Å². The fourth-order valence-electron chi connectivity index (χ4n) is 7.83. The third-order valence-corrected chi connectivity index (χ3v) is 10.6. The molecule has 0 N–H and O–H groups in total. The molecule has 1 nitrogen and oxygen atoms in total. The molecular formula is C39H54F4O. The minimum Gasteiger partial charge on any atom is -0.289 e. The maximum Gasteiger partial charge on any atom is 0.271 e. The van der Waals surface area contributed by atoms with Gasteiger partial charge in [-0.3, -0.25) is 4.79 Å². The quantitative estimate of drug-likeness (QED) is 0.118. The summed E-state index contributed by atoms with van der Waals surface area (Å²) in [6, 6.07) is 9.44. The fraction of sp³-hybridized carbons (Fsp3) is 0.667. The minimum absolute atomic E-state index is 0.180. The number of carbonyl (C=O) groups excluding carboxylic acids is 1. The van der Waals surface area contributed by atoms with Gasteiger partial charge in [-0.05, 0) is 98.3 Å². The molecule has 2 aromatic carbocycles. The zero-order valence-corrected chi connectivity index (χ0v) is 27.5. The molecule has 2 aromatic rings. The molecule has 0 heterocycles. The van der Waals surface area contributed by atoms with Crippen molar-refractivity contribution in [2.24, 2.45) is 11.8 Å². The summed E-state index contributed by atoms with van der Waals surface area (Å²) in [7, 11) is 0. The summed E-state index contributed by atoms with van der Waals surface area (Å²) in [6.07, 6.45) is 18.0. The molecule has 0 atom stereocenters. The number of hydrogen-bond donors (Lipinski definition) is 0. The second-order valence-electron chi connectivity index (χ2n) is 14.1. The SMILES string of the molecule is CCCCCC1CCC(c2ccc(C(=O)c3ccc(C4CCC(CCCCC)CC4)cc3C(C)(F)F)c(C(C)(F)F)c2)CC1. The van der Waals surface area contributed by atoms with Crippen molar-refractivity contribution < 1.29 is 22.4 Å². The van der Waals surface area contributed by atoms with Crippen LogP contribution in [0.15, 0.2) is 36.4 Å². The van der Waals surface area contributed by atoms with E-state index >= 15 is 17.6 Å². The molecule has 44 heavy (non-hydrogen) atoms. The Kier molecular flexibility index (Phi) is 12.2. The smallest absolute Gasteiger partial charge is 0.271 e. The number of unbranched alkanes of at least 4 members (excludes halogenated alkanes) is 4. The normalized spacial score (nSPS) is 23.1. The average molecular weight is 615 g/mol. The molecule has 0 bridgehead atoms.